The molecule has 1 aliphatic rings. The van der Waals surface area contributed by atoms with E-state index in [4.69, 9.17) is 0 Å². The summed E-state index contributed by atoms with van der Waals surface area (Å²) in [6.07, 6.45) is 2.73. The Hall–Kier alpha value is -1.07. The SMILES string of the molecule is Cc1nn(C)cc1NC(=O)[C@H]1CCN1.Cl. The lowest BCUT2D eigenvalue weighted by molar-refractivity contribution is -0.119. The summed E-state index contributed by atoms with van der Waals surface area (Å²) in [7, 11) is 1.84. The molecule has 0 bridgehead atoms. The molecule has 5 nitrogen and oxygen atoms in total. The lowest BCUT2D eigenvalue weighted by atomic mass is 10.1. The van der Waals surface area contributed by atoms with Gasteiger partial charge in [0.1, 0.15) is 0 Å². The molecule has 84 valence electrons. The highest BCUT2D eigenvalue weighted by Gasteiger charge is 2.24. The Morgan fingerprint density at radius 3 is 2.80 bits per heavy atom. The molecule has 1 fully saturated rings. The van der Waals surface area contributed by atoms with Gasteiger partial charge in [0.25, 0.3) is 0 Å². The van der Waals surface area contributed by atoms with Gasteiger partial charge in [0.15, 0.2) is 0 Å². The summed E-state index contributed by atoms with van der Waals surface area (Å²) in [6.45, 7) is 2.81. The van der Waals surface area contributed by atoms with E-state index < -0.39 is 0 Å². The maximum Gasteiger partial charge on any atom is 0.241 e. The standard InChI is InChI=1S/C9H14N4O.ClH/c1-6-8(5-13(2)12-6)11-9(14)7-3-4-10-7;/h5,7,10H,3-4H2,1-2H3,(H,11,14);1H/t7-;/m1./s1. The molecular weight excluding hydrogens is 216 g/mol. The van der Waals surface area contributed by atoms with Crippen molar-refractivity contribution in [1.82, 2.24) is 15.1 Å². The summed E-state index contributed by atoms with van der Waals surface area (Å²) in [5.74, 6) is 0.0346. The number of halogens is 1. The number of hydrogen-bond donors (Lipinski definition) is 2. The van der Waals surface area contributed by atoms with Crippen molar-refractivity contribution in [3.05, 3.63) is 11.9 Å². The molecule has 0 saturated carbocycles. The van der Waals surface area contributed by atoms with Gasteiger partial charge in [0.05, 0.1) is 17.4 Å². The molecule has 0 aromatic carbocycles. The van der Waals surface area contributed by atoms with Gasteiger partial charge in [-0.3, -0.25) is 9.48 Å². The Labute approximate surface area is 94.6 Å². The predicted molar refractivity (Wildman–Crippen MR) is 60.2 cm³/mol. The molecule has 2 heterocycles. The fraction of sp³-hybridized carbons (Fsp3) is 0.556. The molecule has 1 aromatic rings. The number of anilines is 1. The van der Waals surface area contributed by atoms with Crippen molar-refractivity contribution in [3.8, 4) is 0 Å². The Kier molecular flexibility index (Phi) is 3.71. The van der Waals surface area contributed by atoms with Crippen LogP contribution in [0, 0.1) is 6.92 Å². The Morgan fingerprint density at radius 1 is 1.73 bits per heavy atom. The van der Waals surface area contributed by atoms with Crippen molar-refractivity contribution in [2.45, 2.75) is 19.4 Å². The van der Waals surface area contributed by atoms with Crippen LogP contribution in [0.3, 0.4) is 0 Å². The van der Waals surface area contributed by atoms with Gasteiger partial charge in [-0.2, -0.15) is 5.10 Å². The maximum atomic E-state index is 11.5. The second-order valence-corrected chi connectivity index (χ2v) is 3.59. The molecular formula is C9H15ClN4O. The van der Waals surface area contributed by atoms with Crippen molar-refractivity contribution in [3.63, 3.8) is 0 Å². The van der Waals surface area contributed by atoms with E-state index in [1.54, 1.807) is 4.68 Å². The molecule has 1 atom stereocenters. The minimum absolute atomic E-state index is 0. The molecule has 15 heavy (non-hydrogen) atoms. The summed E-state index contributed by atoms with van der Waals surface area (Å²) in [6, 6.07) is -0.0189. The highest BCUT2D eigenvalue weighted by atomic mass is 35.5. The van der Waals surface area contributed by atoms with Crippen LogP contribution in [0.2, 0.25) is 0 Å². The predicted octanol–water partition coefficient (Wildman–Crippen LogP) is 0.451. The van der Waals surface area contributed by atoms with E-state index >= 15 is 0 Å². The third-order valence-electron chi connectivity index (χ3n) is 2.41. The first-order valence-electron chi connectivity index (χ1n) is 4.71. The summed E-state index contributed by atoms with van der Waals surface area (Å²) >= 11 is 0. The van der Waals surface area contributed by atoms with Crippen molar-refractivity contribution in [2.24, 2.45) is 7.05 Å². The van der Waals surface area contributed by atoms with Crippen LogP contribution in [0.4, 0.5) is 5.69 Å². The molecule has 0 radical (unpaired) electrons. The van der Waals surface area contributed by atoms with Gasteiger partial charge in [-0.1, -0.05) is 0 Å². The second kappa shape index (κ2) is 4.63. The number of hydrogen-bond acceptors (Lipinski definition) is 3. The monoisotopic (exact) mass is 230 g/mol. The van der Waals surface area contributed by atoms with E-state index in [1.165, 1.54) is 0 Å². The van der Waals surface area contributed by atoms with Crippen LogP contribution < -0.4 is 10.6 Å². The second-order valence-electron chi connectivity index (χ2n) is 3.59. The van der Waals surface area contributed by atoms with Crippen LogP contribution in [0.25, 0.3) is 0 Å². The van der Waals surface area contributed by atoms with E-state index in [1.807, 2.05) is 20.2 Å². The Balaban J connectivity index is 0.00000112. The average Bonchev–Trinajstić information content (AvgIpc) is 2.26. The maximum absolute atomic E-state index is 11.5. The lowest BCUT2D eigenvalue weighted by Crippen LogP contribution is -2.50. The largest absolute Gasteiger partial charge is 0.322 e. The molecule has 2 N–H and O–H groups in total. The van der Waals surface area contributed by atoms with E-state index in [0.29, 0.717) is 0 Å². The van der Waals surface area contributed by atoms with Gasteiger partial charge >= 0.3 is 0 Å². The highest BCUT2D eigenvalue weighted by Crippen LogP contribution is 2.13. The summed E-state index contributed by atoms with van der Waals surface area (Å²) in [5.41, 5.74) is 1.64. The quantitative estimate of drug-likeness (QED) is 0.776. The van der Waals surface area contributed by atoms with Gasteiger partial charge in [0.2, 0.25) is 5.91 Å². The summed E-state index contributed by atoms with van der Waals surface area (Å²) in [4.78, 5) is 11.5. The van der Waals surface area contributed by atoms with Crippen LogP contribution in [-0.2, 0) is 11.8 Å². The summed E-state index contributed by atoms with van der Waals surface area (Å²) in [5, 5.41) is 10.0. The lowest BCUT2D eigenvalue weighted by Gasteiger charge is -2.25. The zero-order chi connectivity index (χ0) is 10.1. The smallest absolute Gasteiger partial charge is 0.241 e. The van der Waals surface area contributed by atoms with E-state index in [-0.39, 0.29) is 24.4 Å². The van der Waals surface area contributed by atoms with Crippen molar-refractivity contribution in [2.75, 3.05) is 11.9 Å². The molecule has 0 unspecified atom stereocenters. The van der Waals surface area contributed by atoms with Crippen LogP contribution in [0.1, 0.15) is 12.1 Å². The van der Waals surface area contributed by atoms with Crippen LogP contribution in [-0.4, -0.2) is 28.3 Å². The molecule has 0 spiro atoms. The first kappa shape index (κ1) is 12.0. The van der Waals surface area contributed by atoms with Gasteiger partial charge in [-0.25, -0.2) is 0 Å². The van der Waals surface area contributed by atoms with Crippen LogP contribution in [0.15, 0.2) is 6.20 Å². The molecule has 2 rings (SSSR count). The minimum atomic E-state index is -0.0189. The molecule has 1 aromatic heterocycles. The zero-order valence-corrected chi connectivity index (χ0v) is 9.60. The highest BCUT2D eigenvalue weighted by molar-refractivity contribution is 5.95. The zero-order valence-electron chi connectivity index (χ0n) is 8.78. The summed E-state index contributed by atoms with van der Waals surface area (Å²) < 4.78 is 1.69. The first-order valence-corrected chi connectivity index (χ1v) is 4.71. The normalized spacial score (nSPS) is 18.9. The van der Waals surface area contributed by atoms with Gasteiger partial charge in [-0.15, -0.1) is 12.4 Å². The van der Waals surface area contributed by atoms with Gasteiger partial charge in [0, 0.05) is 13.2 Å². The molecule has 1 aliphatic heterocycles. The number of rotatable bonds is 2. The van der Waals surface area contributed by atoms with E-state index in [2.05, 4.69) is 15.7 Å². The number of carbonyl (C=O) groups excluding carboxylic acids is 1. The fourth-order valence-corrected chi connectivity index (χ4v) is 1.45. The van der Waals surface area contributed by atoms with Crippen LogP contribution in [0.5, 0.6) is 0 Å². The topological polar surface area (TPSA) is 59.0 Å². The van der Waals surface area contributed by atoms with Crippen LogP contribution >= 0.6 is 12.4 Å². The van der Waals surface area contributed by atoms with Crippen molar-refractivity contribution < 1.29 is 4.79 Å². The van der Waals surface area contributed by atoms with E-state index in [0.717, 1.165) is 24.3 Å². The van der Waals surface area contributed by atoms with Gasteiger partial charge in [-0.05, 0) is 19.9 Å². The number of nitrogens with zero attached hydrogens (tertiary/aromatic N) is 2. The molecule has 6 heteroatoms. The molecule has 0 aliphatic carbocycles. The first-order chi connectivity index (χ1) is 6.66. The minimum Gasteiger partial charge on any atom is -0.322 e. The fourth-order valence-electron chi connectivity index (χ4n) is 1.45. The number of amides is 1. The van der Waals surface area contributed by atoms with Crippen molar-refractivity contribution in [1.29, 1.82) is 0 Å². The number of carbonyl (C=O) groups is 1. The third-order valence-corrected chi connectivity index (χ3v) is 2.41. The Morgan fingerprint density at radius 2 is 2.40 bits per heavy atom. The van der Waals surface area contributed by atoms with Gasteiger partial charge < -0.3 is 10.6 Å². The number of nitrogens with one attached hydrogen (secondary N) is 2. The molecule has 1 saturated heterocycles. The average molecular weight is 231 g/mol. The molecule has 1 amide bonds. The number of aromatic nitrogens is 2. The van der Waals surface area contributed by atoms with E-state index in [9.17, 15) is 4.79 Å². The number of aryl methyl sites for hydroxylation is 2. The Bertz CT molecular complexity index is 359. The third kappa shape index (κ3) is 2.49. The van der Waals surface area contributed by atoms with Crippen molar-refractivity contribution >= 4 is 24.0 Å².